The molecule has 0 aliphatic heterocycles. The normalized spacial score (nSPS) is 11.2. The number of halogens is 1. The number of ether oxygens (including phenoxy) is 1. The zero-order chi connectivity index (χ0) is 13.8. The number of carbonyl (C=O) groups excluding carboxylic acids is 1. The molecule has 0 heterocycles. The number of nitrogens with one attached hydrogen (secondary N) is 2. The molecule has 0 saturated heterocycles. The highest BCUT2D eigenvalue weighted by Gasteiger charge is 2.20. The van der Waals surface area contributed by atoms with Gasteiger partial charge >= 0.3 is 6.03 Å². The topological polar surface area (TPSA) is 50.4 Å². The molecule has 0 unspecified atom stereocenters. The average molecular weight is 254 g/mol. The van der Waals surface area contributed by atoms with Crippen molar-refractivity contribution in [1.29, 1.82) is 0 Å². The van der Waals surface area contributed by atoms with Gasteiger partial charge in [0.1, 0.15) is 5.82 Å². The molecule has 1 aromatic rings. The average Bonchev–Trinajstić information content (AvgIpc) is 2.21. The Morgan fingerprint density at radius 2 is 2.11 bits per heavy atom. The van der Waals surface area contributed by atoms with Gasteiger partial charge in [-0.1, -0.05) is 6.07 Å². The number of hydrogen-bond donors (Lipinski definition) is 2. The lowest BCUT2D eigenvalue weighted by Crippen LogP contribution is -2.48. The highest BCUT2D eigenvalue weighted by atomic mass is 19.1. The zero-order valence-corrected chi connectivity index (χ0v) is 11.1. The third-order valence-corrected chi connectivity index (χ3v) is 2.33. The van der Waals surface area contributed by atoms with Gasteiger partial charge in [0.25, 0.3) is 0 Å². The first-order chi connectivity index (χ1) is 8.34. The Morgan fingerprint density at radius 3 is 2.67 bits per heavy atom. The highest BCUT2D eigenvalue weighted by molar-refractivity contribution is 5.89. The van der Waals surface area contributed by atoms with Crippen LogP contribution in [0.15, 0.2) is 18.2 Å². The summed E-state index contributed by atoms with van der Waals surface area (Å²) < 4.78 is 18.5. The van der Waals surface area contributed by atoms with Crippen molar-refractivity contribution >= 4 is 11.7 Å². The van der Waals surface area contributed by atoms with E-state index in [0.29, 0.717) is 6.61 Å². The predicted molar refractivity (Wildman–Crippen MR) is 69.2 cm³/mol. The second kappa shape index (κ2) is 5.82. The van der Waals surface area contributed by atoms with E-state index in [1.807, 2.05) is 13.8 Å². The van der Waals surface area contributed by atoms with E-state index in [2.05, 4.69) is 10.6 Å². The van der Waals surface area contributed by atoms with Gasteiger partial charge in [-0.15, -0.1) is 0 Å². The van der Waals surface area contributed by atoms with E-state index in [1.54, 1.807) is 20.1 Å². The minimum absolute atomic E-state index is 0.159. The summed E-state index contributed by atoms with van der Waals surface area (Å²) in [4.78, 5) is 11.7. The molecule has 1 aromatic carbocycles. The Morgan fingerprint density at radius 1 is 1.44 bits per heavy atom. The van der Waals surface area contributed by atoms with Crippen LogP contribution in [0.1, 0.15) is 19.4 Å². The summed E-state index contributed by atoms with van der Waals surface area (Å²) in [5.74, 6) is -0.449. The number of hydrogen-bond acceptors (Lipinski definition) is 2. The van der Waals surface area contributed by atoms with E-state index in [-0.39, 0.29) is 5.69 Å². The van der Waals surface area contributed by atoms with E-state index in [4.69, 9.17) is 4.74 Å². The Labute approximate surface area is 107 Å². The van der Waals surface area contributed by atoms with Gasteiger partial charge in [0, 0.05) is 7.11 Å². The second-order valence-corrected chi connectivity index (χ2v) is 4.88. The summed E-state index contributed by atoms with van der Waals surface area (Å²) in [7, 11) is 1.56. The van der Waals surface area contributed by atoms with Crippen molar-refractivity contribution in [2.45, 2.75) is 26.3 Å². The lowest BCUT2D eigenvalue weighted by Gasteiger charge is -2.25. The van der Waals surface area contributed by atoms with Crippen LogP contribution in [0.3, 0.4) is 0 Å². The first-order valence-electron chi connectivity index (χ1n) is 5.68. The van der Waals surface area contributed by atoms with Crippen molar-refractivity contribution in [3.8, 4) is 0 Å². The molecule has 18 heavy (non-hydrogen) atoms. The lowest BCUT2D eigenvalue weighted by molar-refractivity contribution is 0.133. The maximum Gasteiger partial charge on any atom is 0.319 e. The number of methoxy groups -OCH3 is 1. The number of benzene rings is 1. The van der Waals surface area contributed by atoms with Crippen LogP contribution < -0.4 is 10.6 Å². The van der Waals surface area contributed by atoms with Crippen molar-refractivity contribution in [2.24, 2.45) is 0 Å². The maximum atomic E-state index is 13.5. The molecule has 0 radical (unpaired) electrons. The maximum absolute atomic E-state index is 13.5. The van der Waals surface area contributed by atoms with Gasteiger partial charge in [0.15, 0.2) is 0 Å². The first kappa shape index (κ1) is 14.4. The summed E-state index contributed by atoms with van der Waals surface area (Å²) in [6.07, 6.45) is 0. The molecule has 0 saturated carbocycles. The van der Waals surface area contributed by atoms with Gasteiger partial charge in [-0.25, -0.2) is 9.18 Å². The van der Waals surface area contributed by atoms with Gasteiger partial charge in [0.05, 0.1) is 17.8 Å². The van der Waals surface area contributed by atoms with E-state index in [9.17, 15) is 9.18 Å². The van der Waals surface area contributed by atoms with Crippen LogP contribution in [0.2, 0.25) is 0 Å². The quantitative estimate of drug-likeness (QED) is 0.868. The molecule has 5 heteroatoms. The van der Waals surface area contributed by atoms with E-state index in [1.165, 1.54) is 12.1 Å². The first-order valence-corrected chi connectivity index (χ1v) is 5.68. The molecule has 0 bridgehead atoms. The van der Waals surface area contributed by atoms with Crippen LogP contribution in [0.25, 0.3) is 0 Å². The monoisotopic (exact) mass is 254 g/mol. The summed E-state index contributed by atoms with van der Waals surface area (Å²) in [6.45, 7) is 5.80. The Balaban J connectivity index is 2.65. The number of rotatable bonds is 4. The third-order valence-electron chi connectivity index (χ3n) is 2.33. The van der Waals surface area contributed by atoms with Crippen LogP contribution in [-0.2, 0) is 4.74 Å². The van der Waals surface area contributed by atoms with Crippen LogP contribution in [0.5, 0.6) is 0 Å². The summed E-state index contributed by atoms with van der Waals surface area (Å²) in [5, 5.41) is 5.18. The molecule has 0 fully saturated rings. The van der Waals surface area contributed by atoms with Gasteiger partial charge in [-0.05, 0) is 38.5 Å². The van der Waals surface area contributed by atoms with Crippen molar-refractivity contribution < 1.29 is 13.9 Å². The highest BCUT2D eigenvalue weighted by Crippen LogP contribution is 2.15. The molecule has 0 aliphatic carbocycles. The number of amides is 2. The smallest absolute Gasteiger partial charge is 0.319 e. The molecular formula is C13H19FN2O2. The van der Waals surface area contributed by atoms with Crippen LogP contribution >= 0.6 is 0 Å². The van der Waals surface area contributed by atoms with Crippen molar-refractivity contribution in [2.75, 3.05) is 19.0 Å². The fourth-order valence-corrected chi connectivity index (χ4v) is 1.58. The summed E-state index contributed by atoms with van der Waals surface area (Å²) in [6, 6.07) is 4.18. The zero-order valence-electron chi connectivity index (χ0n) is 11.1. The Hall–Kier alpha value is -1.62. The Kier molecular flexibility index (Phi) is 4.67. The minimum atomic E-state index is -0.514. The summed E-state index contributed by atoms with van der Waals surface area (Å²) >= 11 is 0. The molecule has 0 spiro atoms. The van der Waals surface area contributed by atoms with Crippen LogP contribution in [0.4, 0.5) is 14.9 Å². The van der Waals surface area contributed by atoms with Gasteiger partial charge in [-0.3, -0.25) is 0 Å². The molecule has 0 aromatic heterocycles. The van der Waals surface area contributed by atoms with Crippen LogP contribution in [-0.4, -0.2) is 25.3 Å². The molecule has 2 amide bonds. The van der Waals surface area contributed by atoms with E-state index in [0.717, 1.165) is 5.56 Å². The SMILES string of the molecule is COCC(C)(C)NC(=O)Nc1ccc(C)cc1F. The molecule has 1 rings (SSSR count). The number of urea groups is 1. The van der Waals surface area contributed by atoms with Gasteiger partial charge in [0.2, 0.25) is 0 Å². The molecular weight excluding hydrogens is 235 g/mol. The fraction of sp³-hybridized carbons (Fsp3) is 0.462. The summed E-state index contributed by atoms with van der Waals surface area (Å²) in [5.41, 5.74) is 0.449. The molecule has 2 N–H and O–H groups in total. The van der Waals surface area contributed by atoms with Crippen molar-refractivity contribution in [3.63, 3.8) is 0 Å². The lowest BCUT2D eigenvalue weighted by atomic mass is 10.1. The minimum Gasteiger partial charge on any atom is -0.382 e. The number of aryl methyl sites for hydroxylation is 1. The molecule has 100 valence electrons. The van der Waals surface area contributed by atoms with E-state index < -0.39 is 17.4 Å². The van der Waals surface area contributed by atoms with Gasteiger partial charge < -0.3 is 15.4 Å². The second-order valence-electron chi connectivity index (χ2n) is 4.88. The predicted octanol–water partition coefficient (Wildman–Crippen LogP) is 2.68. The van der Waals surface area contributed by atoms with Crippen molar-refractivity contribution in [3.05, 3.63) is 29.6 Å². The van der Waals surface area contributed by atoms with Gasteiger partial charge in [-0.2, -0.15) is 0 Å². The molecule has 0 aliphatic rings. The van der Waals surface area contributed by atoms with E-state index >= 15 is 0 Å². The largest absolute Gasteiger partial charge is 0.382 e. The van der Waals surface area contributed by atoms with Crippen LogP contribution in [0, 0.1) is 12.7 Å². The standard InChI is InChI=1S/C13H19FN2O2/c1-9-5-6-11(10(14)7-9)15-12(17)16-13(2,3)8-18-4/h5-7H,8H2,1-4H3,(H2,15,16,17). The number of carbonyl (C=O) groups is 1. The third kappa shape index (κ3) is 4.33. The van der Waals surface area contributed by atoms with Crippen molar-refractivity contribution in [1.82, 2.24) is 5.32 Å². The fourth-order valence-electron chi connectivity index (χ4n) is 1.58. The molecule has 0 atom stereocenters. The Bertz CT molecular complexity index is 433. The number of anilines is 1. The molecule has 4 nitrogen and oxygen atoms in total.